The molecule has 0 bridgehead atoms. The van der Waals surface area contributed by atoms with Crippen LogP contribution in [0.2, 0.25) is 0 Å². The van der Waals surface area contributed by atoms with Crippen LogP contribution in [-0.2, 0) is 6.54 Å². The predicted molar refractivity (Wildman–Crippen MR) is 68.1 cm³/mol. The molecular weight excluding hydrogens is 214 g/mol. The Hall–Kier alpha value is -2.10. The van der Waals surface area contributed by atoms with Crippen LogP contribution in [0, 0.1) is 0 Å². The summed E-state index contributed by atoms with van der Waals surface area (Å²) >= 11 is 0. The van der Waals surface area contributed by atoms with E-state index in [0.29, 0.717) is 0 Å². The predicted octanol–water partition coefficient (Wildman–Crippen LogP) is 2.66. The Labute approximate surface area is 101 Å². The Kier molecular flexibility index (Phi) is 3.55. The summed E-state index contributed by atoms with van der Waals surface area (Å²) in [5, 5.41) is 4.18. The lowest BCUT2D eigenvalue weighted by atomic mass is 10.3. The zero-order valence-corrected chi connectivity index (χ0v) is 10.00. The van der Waals surface area contributed by atoms with Gasteiger partial charge in [0.25, 0.3) is 0 Å². The van der Waals surface area contributed by atoms with Gasteiger partial charge in [0.2, 0.25) is 0 Å². The lowest BCUT2D eigenvalue weighted by Gasteiger charge is -2.00. The van der Waals surface area contributed by atoms with Gasteiger partial charge in [0, 0.05) is 18.8 Å². The molecule has 2 rings (SSSR count). The summed E-state index contributed by atoms with van der Waals surface area (Å²) in [6.07, 6.45) is 3.59. The van der Waals surface area contributed by atoms with Crippen LogP contribution in [0.15, 0.2) is 41.5 Å². The van der Waals surface area contributed by atoms with Gasteiger partial charge in [0.1, 0.15) is 5.75 Å². The van der Waals surface area contributed by atoms with Crippen molar-refractivity contribution in [3.63, 3.8) is 0 Å². The largest absolute Gasteiger partial charge is 0.497 e. The molecule has 0 aliphatic heterocycles. The van der Waals surface area contributed by atoms with Gasteiger partial charge >= 0.3 is 0 Å². The number of benzene rings is 1. The van der Waals surface area contributed by atoms with E-state index < -0.39 is 0 Å². The van der Waals surface area contributed by atoms with Crippen LogP contribution >= 0.6 is 0 Å². The van der Waals surface area contributed by atoms with Crippen molar-refractivity contribution in [2.45, 2.75) is 13.5 Å². The minimum atomic E-state index is 0.809. The standard InChI is InChI=1S/C13H15N3O/c1-3-16-12(7-8-15-16)10-14-11-5-4-6-13(9-11)17-2/h4-10H,3H2,1-2H3/b14-10+. The molecule has 0 amide bonds. The number of nitrogens with zero attached hydrogens (tertiary/aromatic N) is 3. The second-order valence-corrected chi connectivity index (χ2v) is 3.53. The quantitative estimate of drug-likeness (QED) is 0.756. The van der Waals surface area contributed by atoms with Crippen LogP contribution in [0.5, 0.6) is 5.75 Å². The molecule has 0 aliphatic rings. The summed E-state index contributed by atoms with van der Waals surface area (Å²) in [6, 6.07) is 9.58. The van der Waals surface area contributed by atoms with Crippen LogP contribution in [0.25, 0.3) is 0 Å². The van der Waals surface area contributed by atoms with Crippen molar-refractivity contribution in [3.8, 4) is 5.75 Å². The van der Waals surface area contributed by atoms with Gasteiger partial charge < -0.3 is 4.74 Å². The van der Waals surface area contributed by atoms with Gasteiger partial charge in [-0.15, -0.1) is 0 Å². The summed E-state index contributed by atoms with van der Waals surface area (Å²) in [5.74, 6) is 0.809. The zero-order chi connectivity index (χ0) is 12.1. The van der Waals surface area contributed by atoms with Crippen molar-refractivity contribution < 1.29 is 4.74 Å². The van der Waals surface area contributed by atoms with E-state index in [1.165, 1.54) is 0 Å². The molecule has 88 valence electrons. The van der Waals surface area contributed by atoms with Gasteiger partial charge in [0.05, 0.1) is 24.7 Å². The zero-order valence-electron chi connectivity index (χ0n) is 10.00. The molecule has 0 aliphatic carbocycles. The lowest BCUT2D eigenvalue weighted by Crippen LogP contribution is -2.00. The summed E-state index contributed by atoms with van der Waals surface area (Å²) in [7, 11) is 1.65. The first kappa shape index (κ1) is 11.4. The van der Waals surface area contributed by atoms with Crippen LogP contribution in [0.4, 0.5) is 5.69 Å². The summed E-state index contributed by atoms with van der Waals surface area (Å²) in [6.45, 7) is 2.89. The topological polar surface area (TPSA) is 39.4 Å². The lowest BCUT2D eigenvalue weighted by molar-refractivity contribution is 0.415. The highest BCUT2D eigenvalue weighted by Gasteiger charge is 1.97. The van der Waals surface area contributed by atoms with Crippen LogP contribution in [-0.4, -0.2) is 23.1 Å². The Balaban J connectivity index is 2.19. The first-order chi connectivity index (χ1) is 8.33. The molecule has 1 heterocycles. The minimum Gasteiger partial charge on any atom is -0.497 e. The molecule has 0 saturated carbocycles. The Bertz CT molecular complexity index is 517. The number of ether oxygens (including phenoxy) is 1. The third-order valence-electron chi connectivity index (χ3n) is 2.45. The van der Waals surface area contributed by atoms with Gasteiger partial charge in [-0.05, 0) is 25.1 Å². The number of rotatable bonds is 4. The van der Waals surface area contributed by atoms with E-state index in [1.807, 2.05) is 41.2 Å². The SMILES string of the molecule is CCn1nccc1/C=N/c1cccc(OC)c1. The fourth-order valence-corrected chi connectivity index (χ4v) is 1.55. The highest BCUT2D eigenvalue weighted by atomic mass is 16.5. The maximum Gasteiger partial charge on any atom is 0.121 e. The Morgan fingerprint density at radius 3 is 3.06 bits per heavy atom. The molecule has 4 heteroatoms. The Morgan fingerprint density at radius 1 is 1.41 bits per heavy atom. The van der Waals surface area contributed by atoms with Gasteiger partial charge in [-0.1, -0.05) is 6.07 Å². The normalized spacial score (nSPS) is 10.9. The third-order valence-corrected chi connectivity index (χ3v) is 2.45. The summed E-state index contributed by atoms with van der Waals surface area (Å²) in [4.78, 5) is 4.40. The summed E-state index contributed by atoms with van der Waals surface area (Å²) < 4.78 is 7.04. The molecule has 2 aromatic rings. The molecule has 17 heavy (non-hydrogen) atoms. The van der Waals surface area contributed by atoms with Crippen molar-refractivity contribution in [2.24, 2.45) is 4.99 Å². The van der Waals surface area contributed by atoms with Crippen molar-refractivity contribution >= 4 is 11.9 Å². The molecule has 0 radical (unpaired) electrons. The van der Waals surface area contributed by atoms with E-state index in [2.05, 4.69) is 17.0 Å². The first-order valence-corrected chi connectivity index (χ1v) is 5.53. The fraction of sp³-hybridized carbons (Fsp3) is 0.231. The third kappa shape index (κ3) is 2.72. The highest BCUT2D eigenvalue weighted by Crippen LogP contribution is 2.19. The van der Waals surface area contributed by atoms with E-state index in [1.54, 1.807) is 13.3 Å². The number of aliphatic imine (C=N–C) groups is 1. The molecular formula is C13H15N3O. The van der Waals surface area contributed by atoms with Gasteiger partial charge in [-0.25, -0.2) is 0 Å². The molecule has 0 unspecified atom stereocenters. The number of methoxy groups -OCH3 is 1. The van der Waals surface area contributed by atoms with Gasteiger partial charge in [-0.2, -0.15) is 5.10 Å². The van der Waals surface area contributed by atoms with E-state index in [-0.39, 0.29) is 0 Å². The highest BCUT2D eigenvalue weighted by molar-refractivity contribution is 5.79. The van der Waals surface area contributed by atoms with E-state index >= 15 is 0 Å². The molecule has 4 nitrogen and oxygen atoms in total. The molecule has 0 atom stereocenters. The average Bonchev–Trinajstić information content (AvgIpc) is 2.84. The maximum atomic E-state index is 5.15. The van der Waals surface area contributed by atoms with Crippen LogP contribution in [0.3, 0.4) is 0 Å². The van der Waals surface area contributed by atoms with Crippen molar-refractivity contribution in [3.05, 3.63) is 42.2 Å². The fourth-order valence-electron chi connectivity index (χ4n) is 1.55. The van der Waals surface area contributed by atoms with E-state index in [9.17, 15) is 0 Å². The number of aryl methyl sites for hydroxylation is 1. The van der Waals surface area contributed by atoms with E-state index in [4.69, 9.17) is 4.74 Å². The van der Waals surface area contributed by atoms with Crippen LogP contribution in [0.1, 0.15) is 12.6 Å². The molecule has 0 N–H and O–H groups in total. The second kappa shape index (κ2) is 5.30. The van der Waals surface area contributed by atoms with Crippen molar-refractivity contribution in [1.82, 2.24) is 9.78 Å². The molecule has 1 aromatic heterocycles. The summed E-state index contributed by atoms with van der Waals surface area (Å²) in [5.41, 5.74) is 1.86. The van der Waals surface area contributed by atoms with Crippen LogP contribution < -0.4 is 4.74 Å². The second-order valence-electron chi connectivity index (χ2n) is 3.53. The molecule has 0 saturated heterocycles. The minimum absolute atomic E-state index is 0.809. The van der Waals surface area contributed by atoms with Crippen molar-refractivity contribution in [2.75, 3.05) is 7.11 Å². The monoisotopic (exact) mass is 229 g/mol. The van der Waals surface area contributed by atoms with Gasteiger partial charge in [-0.3, -0.25) is 9.67 Å². The Morgan fingerprint density at radius 2 is 2.29 bits per heavy atom. The molecule has 0 spiro atoms. The molecule has 0 fully saturated rings. The number of hydrogen-bond acceptors (Lipinski definition) is 3. The first-order valence-electron chi connectivity index (χ1n) is 5.53. The molecule has 1 aromatic carbocycles. The van der Waals surface area contributed by atoms with Gasteiger partial charge in [0.15, 0.2) is 0 Å². The van der Waals surface area contributed by atoms with E-state index in [0.717, 1.165) is 23.7 Å². The smallest absolute Gasteiger partial charge is 0.121 e. The van der Waals surface area contributed by atoms with Crippen molar-refractivity contribution in [1.29, 1.82) is 0 Å². The number of aromatic nitrogens is 2. The average molecular weight is 229 g/mol. The number of hydrogen-bond donors (Lipinski definition) is 0. The maximum absolute atomic E-state index is 5.15.